The molecule has 1 aromatic carbocycles. The molecule has 26 heavy (non-hydrogen) atoms. The zero-order valence-electron chi connectivity index (χ0n) is 14.1. The van der Waals surface area contributed by atoms with Crippen LogP contribution < -0.4 is 0 Å². The van der Waals surface area contributed by atoms with Gasteiger partial charge in [0.1, 0.15) is 12.1 Å². The summed E-state index contributed by atoms with van der Waals surface area (Å²) >= 11 is 0. The van der Waals surface area contributed by atoms with Gasteiger partial charge < -0.3 is 13.8 Å². The summed E-state index contributed by atoms with van der Waals surface area (Å²) in [5.74, 6) is 1.15. The van der Waals surface area contributed by atoms with Crippen molar-refractivity contribution in [3.05, 3.63) is 60.1 Å². The molecule has 4 rings (SSSR count). The molecule has 3 heterocycles. The Bertz CT molecular complexity index is 874. The Morgan fingerprint density at radius 2 is 2.12 bits per heavy atom. The fourth-order valence-electron chi connectivity index (χ4n) is 3.22. The summed E-state index contributed by atoms with van der Waals surface area (Å²) in [5.41, 5.74) is 1.29. The molecule has 3 aromatic rings. The van der Waals surface area contributed by atoms with Crippen LogP contribution in [-0.2, 0) is 6.42 Å². The van der Waals surface area contributed by atoms with Crippen LogP contribution >= 0.6 is 0 Å². The van der Waals surface area contributed by atoms with Crippen molar-refractivity contribution >= 4 is 5.91 Å². The lowest BCUT2D eigenvalue weighted by atomic mass is 10.0. The topological polar surface area (TPSA) is 72.4 Å². The summed E-state index contributed by atoms with van der Waals surface area (Å²) in [6, 6.07) is 7.64. The van der Waals surface area contributed by atoms with Crippen molar-refractivity contribution in [2.45, 2.75) is 19.3 Å². The molecule has 0 N–H and O–H groups in total. The number of aromatic nitrogens is 2. The highest BCUT2D eigenvalue weighted by Gasteiger charge is 2.27. The highest BCUT2D eigenvalue weighted by atomic mass is 19.1. The van der Waals surface area contributed by atoms with E-state index < -0.39 is 0 Å². The minimum Gasteiger partial charge on any atom is -0.472 e. The summed E-state index contributed by atoms with van der Waals surface area (Å²) in [4.78, 5) is 18.5. The highest BCUT2D eigenvalue weighted by molar-refractivity contribution is 5.93. The van der Waals surface area contributed by atoms with E-state index in [0.29, 0.717) is 35.2 Å². The third-order valence-electron chi connectivity index (χ3n) is 4.68. The molecule has 1 unspecified atom stereocenters. The Labute approximate surface area is 149 Å². The second-order valence-corrected chi connectivity index (χ2v) is 6.48. The van der Waals surface area contributed by atoms with Gasteiger partial charge in [0.15, 0.2) is 5.82 Å². The third-order valence-corrected chi connectivity index (χ3v) is 4.68. The summed E-state index contributed by atoms with van der Waals surface area (Å²) in [5, 5.41) is 4.00. The van der Waals surface area contributed by atoms with Crippen molar-refractivity contribution in [1.82, 2.24) is 15.0 Å². The Balaban J connectivity index is 1.31. The Morgan fingerprint density at radius 3 is 2.88 bits per heavy atom. The lowest BCUT2D eigenvalue weighted by Crippen LogP contribution is -2.28. The van der Waals surface area contributed by atoms with Gasteiger partial charge in [0, 0.05) is 25.1 Å². The molecule has 6 nitrogen and oxygen atoms in total. The van der Waals surface area contributed by atoms with Crippen molar-refractivity contribution < 1.29 is 18.1 Å². The molecule has 1 aliphatic heterocycles. The number of aryl methyl sites for hydroxylation is 1. The molecule has 1 atom stereocenters. The first-order valence-corrected chi connectivity index (χ1v) is 8.59. The predicted octanol–water partition coefficient (Wildman–Crippen LogP) is 3.56. The van der Waals surface area contributed by atoms with Crippen LogP contribution in [-0.4, -0.2) is 34.0 Å². The standard InChI is InChI=1S/C19H18FN3O3/c20-16-4-2-14(3-5-16)18-21-17(22-26-18)6-1-13-7-9-23(11-13)19(24)15-8-10-25-12-15/h2-5,8,10,12-13H,1,6-7,9,11H2. The molecule has 0 bridgehead atoms. The highest BCUT2D eigenvalue weighted by Crippen LogP contribution is 2.24. The van der Waals surface area contributed by atoms with Gasteiger partial charge in [-0.15, -0.1) is 0 Å². The SMILES string of the molecule is O=C(c1ccoc1)N1CCC(CCc2noc(-c3ccc(F)cc3)n2)C1. The van der Waals surface area contributed by atoms with E-state index in [1.165, 1.54) is 24.7 Å². The van der Waals surface area contributed by atoms with Gasteiger partial charge in [-0.1, -0.05) is 5.16 Å². The minimum absolute atomic E-state index is 0.0133. The van der Waals surface area contributed by atoms with Crippen LogP contribution in [0.2, 0.25) is 0 Å². The lowest BCUT2D eigenvalue weighted by Gasteiger charge is -2.15. The van der Waals surface area contributed by atoms with E-state index in [1.54, 1.807) is 18.2 Å². The smallest absolute Gasteiger partial charge is 0.257 e. The van der Waals surface area contributed by atoms with Gasteiger partial charge in [0.25, 0.3) is 11.8 Å². The van der Waals surface area contributed by atoms with Gasteiger partial charge in [-0.25, -0.2) is 4.39 Å². The molecule has 1 amide bonds. The molecule has 1 aliphatic rings. The van der Waals surface area contributed by atoms with E-state index in [0.717, 1.165) is 25.9 Å². The molecule has 0 saturated carbocycles. The average Bonchev–Trinajstić information content (AvgIpc) is 3.41. The number of rotatable bonds is 5. The number of benzene rings is 1. The number of amides is 1. The molecule has 0 spiro atoms. The minimum atomic E-state index is -0.302. The number of furan rings is 1. The van der Waals surface area contributed by atoms with Crippen LogP contribution in [0, 0.1) is 11.7 Å². The van der Waals surface area contributed by atoms with Gasteiger partial charge in [-0.2, -0.15) is 4.98 Å². The Kier molecular flexibility index (Phi) is 4.51. The van der Waals surface area contributed by atoms with Gasteiger partial charge in [-0.3, -0.25) is 4.79 Å². The van der Waals surface area contributed by atoms with Crippen molar-refractivity contribution in [2.24, 2.45) is 5.92 Å². The van der Waals surface area contributed by atoms with Crippen molar-refractivity contribution in [2.75, 3.05) is 13.1 Å². The quantitative estimate of drug-likeness (QED) is 0.700. The average molecular weight is 355 g/mol. The summed E-state index contributed by atoms with van der Waals surface area (Å²) in [6.07, 6.45) is 5.52. The maximum atomic E-state index is 13.0. The molecule has 134 valence electrons. The molecule has 0 aliphatic carbocycles. The maximum Gasteiger partial charge on any atom is 0.257 e. The van der Waals surface area contributed by atoms with Crippen LogP contribution in [0.4, 0.5) is 4.39 Å². The predicted molar refractivity (Wildman–Crippen MR) is 90.7 cm³/mol. The van der Waals surface area contributed by atoms with E-state index in [2.05, 4.69) is 10.1 Å². The van der Waals surface area contributed by atoms with Gasteiger partial charge in [0.2, 0.25) is 0 Å². The van der Waals surface area contributed by atoms with Crippen molar-refractivity contribution in [3.63, 3.8) is 0 Å². The largest absolute Gasteiger partial charge is 0.472 e. The van der Waals surface area contributed by atoms with Gasteiger partial charge in [-0.05, 0) is 49.1 Å². The zero-order valence-corrected chi connectivity index (χ0v) is 14.1. The van der Waals surface area contributed by atoms with Crippen molar-refractivity contribution in [1.29, 1.82) is 0 Å². The molecule has 0 radical (unpaired) electrons. The molecular formula is C19H18FN3O3. The monoisotopic (exact) mass is 355 g/mol. The summed E-state index contributed by atoms with van der Waals surface area (Å²) in [7, 11) is 0. The Morgan fingerprint density at radius 1 is 1.27 bits per heavy atom. The van der Waals surface area contributed by atoms with E-state index >= 15 is 0 Å². The second-order valence-electron chi connectivity index (χ2n) is 6.48. The molecule has 1 saturated heterocycles. The number of likely N-dealkylation sites (tertiary alicyclic amines) is 1. The van der Waals surface area contributed by atoms with E-state index in [4.69, 9.17) is 8.94 Å². The number of nitrogens with zero attached hydrogens (tertiary/aromatic N) is 3. The first kappa shape index (κ1) is 16.5. The van der Waals surface area contributed by atoms with E-state index in [9.17, 15) is 9.18 Å². The number of hydrogen-bond donors (Lipinski definition) is 0. The third kappa shape index (κ3) is 3.51. The molecular weight excluding hydrogens is 337 g/mol. The zero-order chi connectivity index (χ0) is 17.9. The normalized spacial score (nSPS) is 17.0. The summed E-state index contributed by atoms with van der Waals surface area (Å²) in [6.45, 7) is 1.48. The number of halogens is 1. The van der Waals surface area contributed by atoms with E-state index in [-0.39, 0.29) is 11.7 Å². The summed E-state index contributed by atoms with van der Waals surface area (Å²) < 4.78 is 23.2. The molecule has 2 aromatic heterocycles. The molecule has 7 heteroatoms. The van der Waals surface area contributed by atoms with Crippen LogP contribution in [0.3, 0.4) is 0 Å². The van der Waals surface area contributed by atoms with Crippen LogP contribution in [0.25, 0.3) is 11.5 Å². The first-order valence-electron chi connectivity index (χ1n) is 8.59. The van der Waals surface area contributed by atoms with E-state index in [1.807, 2.05) is 4.90 Å². The number of hydrogen-bond acceptors (Lipinski definition) is 5. The van der Waals surface area contributed by atoms with Crippen LogP contribution in [0.5, 0.6) is 0 Å². The van der Waals surface area contributed by atoms with Gasteiger partial charge >= 0.3 is 0 Å². The molecule has 1 fully saturated rings. The maximum absolute atomic E-state index is 13.0. The number of carbonyl (C=O) groups is 1. The fourth-order valence-corrected chi connectivity index (χ4v) is 3.22. The van der Waals surface area contributed by atoms with Crippen LogP contribution in [0.1, 0.15) is 29.0 Å². The van der Waals surface area contributed by atoms with Crippen molar-refractivity contribution in [3.8, 4) is 11.5 Å². The van der Waals surface area contributed by atoms with Crippen LogP contribution in [0.15, 0.2) is 51.8 Å². The lowest BCUT2D eigenvalue weighted by molar-refractivity contribution is 0.0786. The van der Waals surface area contributed by atoms with Gasteiger partial charge in [0.05, 0.1) is 11.8 Å². The second kappa shape index (κ2) is 7.11. The fraction of sp³-hybridized carbons (Fsp3) is 0.316. The Hall–Kier alpha value is -2.96. The first-order chi connectivity index (χ1) is 12.7. The number of carbonyl (C=O) groups excluding carboxylic acids is 1.